The van der Waals surface area contributed by atoms with Crippen LogP contribution in [0.1, 0.15) is 5.69 Å². The lowest BCUT2D eigenvalue weighted by Crippen LogP contribution is -2.12. The number of thiazole rings is 1. The van der Waals surface area contributed by atoms with Crippen LogP contribution in [0.4, 0.5) is 0 Å². The van der Waals surface area contributed by atoms with Gasteiger partial charge in [0.25, 0.3) is 5.56 Å². The SMILES string of the molecule is Cc1cc(=O)n(-c2nc(-c3ccccc3O)cs2)[nH]1. The van der Waals surface area contributed by atoms with E-state index in [1.54, 1.807) is 18.2 Å². The molecule has 0 atom stereocenters. The van der Waals surface area contributed by atoms with Crippen molar-refractivity contribution in [2.45, 2.75) is 6.92 Å². The smallest absolute Gasteiger partial charge is 0.273 e. The fourth-order valence-corrected chi connectivity index (χ4v) is 2.63. The van der Waals surface area contributed by atoms with Crippen molar-refractivity contribution in [1.82, 2.24) is 14.8 Å². The van der Waals surface area contributed by atoms with E-state index in [1.807, 2.05) is 18.4 Å². The molecule has 0 fully saturated rings. The van der Waals surface area contributed by atoms with Gasteiger partial charge in [-0.05, 0) is 19.1 Å². The normalized spacial score (nSPS) is 10.8. The van der Waals surface area contributed by atoms with Gasteiger partial charge in [0, 0.05) is 22.7 Å². The summed E-state index contributed by atoms with van der Waals surface area (Å²) >= 11 is 1.34. The van der Waals surface area contributed by atoms with Gasteiger partial charge in [-0.15, -0.1) is 11.3 Å². The molecule has 19 heavy (non-hydrogen) atoms. The van der Waals surface area contributed by atoms with Gasteiger partial charge in [0.2, 0.25) is 5.13 Å². The molecule has 0 saturated heterocycles. The number of phenols is 1. The molecule has 0 spiro atoms. The minimum absolute atomic E-state index is 0.143. The molecule has 3 aromatic rings. The van der Waals surface area contributed by atoms with Crippen molar-refractivity contribution in [3.8, 4) is 22.1 Å². The summed E-state index contributed by atoms with van der Waals surface area (Å²) in [5.74, 6) is 0.175. The summed E-state index contributed by atoms with van der Waals surface area (Å²) in [7, 11) is 0. The van der Waals surface area contributed by atoms with Crippen molar-refractivity contribution in [2.24, 2.45) is 0 Å². The van der Waals surface area contributed by atoms with Gasteiger partial charge in [0.15, 0.2) is 0 Å². The number of rotatable bonds is 2. The molecule has 6 heteroatoms. The van der Waals surface area contributed by atoms with Crippen molar-refractivity contribution < 1.29 is 5.11 Å². The number of benzene rings is 1. The Bertz CT molecular complexity index is 785. The number of hydrogen-bond donors (Lipinski definition) is 2. The van der Waals surface area contributed by atoms with E-state index in [0.717, 1.165) is 5.69 Å². The molecule has 2 aromatic heterocycles. The van der Waals surface area contributed by atoms with Crippen LogP contribution in [0.25, 0.3) is 16.4 Å². The zero-order valence-electron chi connectivity index (χ0n) is 10.1. The summed E-state index contributed by atoms with van der Waals surface area (Å²) in [5.41, 5.74) is 1.94. The molecule has 0 aliphatic carbocycles. The summed E-state index contributed by atoms with van der Waals surface area (Å²) < 4.78 is 1.39. The highest BCUT2D eigenvalue weighted by Crippen LogP contribution is 2.30. The molecule has 5 nitrogen and oxygen atoms in total. The van der Waals surface area contributed by atoms with Gasteiger partial charge in [-0.25, -0.2) is 4.98 Å². The summed E-state index contributed by atoms with van der Waals surface area (Å²) in [4.78, 5) is 16.1. The highest BCUT2D eigenvalue weighted by Gasteiger charge is 2.11. The van der Waals surface area contributed by atoms with Gasteiger partial charge >= 0.3 is 0 Å². The Morgan fingerprint density at radius 2 is 2.16 bits per heavy atom. The molecule has 0 bridgehead atoms. The third kappa shape index (κ3) is 2.06. The number of hydrogen-bond acceptors (Lipinski definition) is 4. The van der Waals surface area contributed by atoms with Crippen LogP contribution in [0.2, 0.25) is 0 Å². The number of para-hydroxylation sites is 1. The number of phenolic OH excluding ortho intramolecular Hbond substituents is 1. The Balaban J connectivity index is 2.08. The quantitative estimate of drug-likeness (QED) is 0.752. The number of aromatic nitrogens is 3. The first-order chi connectivity index (χ1) is 9.15. The molecule has 1 aromatic carbocycles. The molecule has 2 N–H and O–H groups in total. The molecule has 0 radical (unpaired) electrons. The Labute approximate surface area is 112 Å². The second-order valence-corrected chi connectivity index (χ2v) is 4.98. The Morgan fingerprint density at radius 3 is 2.84 bits per heavy atom. The van der Waals surface area contributed by atoms with Crippen LogP contribution >= 0.6 is 11.3 Å². The number of nitrogens with zero attached hydrogens (tertiary/aromatic N) is 2. The van der Waals surface area contributed by atoms with E-state index >= 15 is 0 Å². The molecule has 2 heterocycles. The predicted molar refractivity (Wildman–Crippen MR) is 73.9 cm³/mol. The molecule has 0 unspecified atom stereocenters. The van der Waals surface area contributed by atoms with Crippen molar-refractivity contribution in [3.05, 3.63) is 51.8 Å². The summed E-state index contributed by atoms with van der Waals surface area (Å²) in [5, 5.41) is 15.1. The van der Waals surface area contributed by atoms with Gasteiger partial charge in [-0.2, -0.15) is 4.68 Å². The van der Waals surface area contributed by atoms with E-state index in [1.165, 1.54) is 22.1 Å². The average Bonchev–Trinajstić information content (AvgIpc) is 2.96. The number of nitrogens with one attached hydrogen (secondary N) is 1. The van der Waals surface area contributed by atoms with Gasteiger partial charge in [-0.3, -0.25) is 9.89 Å². The van der Waals surface area contributed by atoms with Crippen LogP contribution < -0.4 is 5.56 Å². The fourth-order valence-electron chi connectivity index (χ4n) is 1.84. The minimum Gasteiger partial charge on any atom is -0.507 e. The van der Waals surface area contributed by atoms with Crippen molar-refractivity contribution in [1.29, 1.82) is 0 Å². The topological polar surface area (TPSA) is 70.9 Å². The van der Waals surface area contributed by atoms with Crippen LogP contribution in [-0.2, 0) is 0 Å². The molecule has 3 rings (SSSR count). The number of aromatic amines is 1. The van der Waals surface area contributed by atoms with Crippen LogP contribution in [-0.4, -0.2) is 19.9 Å². The number of aryl methyl sites for hydroxylation is 1. The zero-order valence-corrected chi connectivity index (χ0v) is 10.9. The van der Waals surface area contributed by atoms with Crippen LogP contribution in [0.5, 0.6) is 5.75 Å². The van der Waals surface area contributed by atoms with Crippen LogP contribution in [0, 0.1) is 6.92 Å². The molecule has 96 valence electrons. The second-order valence-electron chi connectivity index (χ2n) is 4.15. The Morgan fingerprint density at radius 1 is 1.37 bits per heavy atom. The summed E-state index contributed by atoms with van der Waals surface area (Å²) in [6.45, 7) is 1.81. The van der Waals surface area contributed by atoms with Gasteiger partial charge in [0.05, 0.1) is 5.69 Å². The fraction of sp³-hybridized carbons (Fsp3) is 0.0769. The first kappa shape index (κ1) is 11.7. The molecule has 0 aliphatic rings. The van der Waals surface area contributed by atoms with E-state index in [4.69, 9.17) is 0 Å². The third-order valence-electron chi connectivity index (χ3n) is 2.71. The molecule has 0 aliphatic heterocycles. The molecule has 0 saturated carbocycles. The maximum absolute atomic E-state index is 11.7. The number of aromatic hydroxyl groups is 1. The van der Waals surface area contributed by atoms with Crippen molar-refractivity contribution >= 4 is 11.3 Å². The van der Waals surface area contributed by atoms with Crippen LogP contribution in [0.3, 0.4) is 0 Å². The van der Waals surface area contributed by atoms with Crippen molar-refractivity contribution in [3.63, 3.8) is 0 Å². The maximum Gasteiger partial charge on any atom is 0.273 e. The maximum atomic E-state index is 11.7. The van der Waals surface area contributed by atoms with Crippen LogP contribution in [0.15, 0.2) is 40.5 Å². The van der Waals surface area contributed by atoms with E-state index in [-0.39, 0.29) is 11.3 Å². The number of H-pyrrole nitrogens is 1. The lowest BCUT2D eigenvalue weighted by Gasteiger charge is -1.99. The monoisotopic (exact) mass is 273 g/mol. The highest BCUT2D eigenvalue weighted by molar-refractivity contribution is 7.12. The first-order valence-electron chi connectivity index (χ1n) is 5.68. The lowest BCUT2D eigenvalue weighted by molar-refractivity contribution is 0.477. The summed E-state index contributed by atoms with van der Waals surface area (Å²) in [6, 6.07) is 8.50. The minimum atomic E-state index is -0.143. The predicted octanol–water partition coefficient (Wildman–Crippen LogP) is 2.30. The average molecular weight is 273 g/mol. The van der Waals surface area contributed by atoms with E-state index in [0.29, 0.717) is 16.4 Å². The Hall–Kier alpha value is -2.34. The standard InChI is InChI=1S/C13H11N3O2S/c1-8-6-12(18)16(15-8)13-14-10(7-19-13)9-4-2-3-5-11(9)17/h2-7,15,17H,1H3. The van der Waals surface area contributed by atoms with E-state index < -0.39 is 0 Å². The molecular weight excluding hydrogens is 262 g/mol. The Kier molecular flexibility index (Phi) is 2.72. The van der Waals surface area contributed by atoms with Crippen molar-refractivity contribution in [2.75, 3.05) is 0 Å². The second kappa shape index (κ2) is 4.40. The van der Waals surface area contributed by atoms with Gasteiger partial charge < -0.3 is 5.11 Å². The lowest BCUT2D eigenvalue weighted by atomic mass is 10.1. The summed E-state index contributed by atoms with van der Waals surface area (Å²) in [6.07, 6.45) is 0. The van der Waals surface area contributed by atoms with E-state index in [2.05, 4.69) is 10.1 Å². The molecule has 0 amide bonds. The third-order valence-corrected chi connectivity index (χ3v) is 3.54. The van der Waals surface area contributed by atoms with Gasteiger partial charge in [-0.1, -0.05) is 12.1 Å². The largest absolute Gasteiger partial charge is 0.507 e. The molecular formula is C13H11N3O2S. The van der Waals surface area contributed by atoms with Gasteiger partial charge in [0.1, 0.15) is 5.75 Å². The highest BCUT2D eigenvalue weighted by atomic mass is 32.1. The van der Waals surface area contributed by atoms with E-state index in [9.17, 15) is 9.90 Å². The zero-order chi connectivity index (χ0) is 13.4. The first-order valence-corrected chi connectivity index (χ1v) is 6.56.